The summed E-state index contributed by atoms with van der Waals surface area (Å²) in [6.45, 7) is 6.79. The first-order valence-electron chi connectivity index (χ1n) is 9.28. The summed E-state index contributed by atoms with van der Waals surface area (Å²) >= 11 is 6.02. The molecule has 1 aromatic rings. The van der Waals surface area contributed by atoms with Crippen LogP contribution in [0.5, 0.6) is 0 Å². The van der Waals surface area contributed by atoms with Gasteiger partial charge in [-0.05, 0) is 37.8 Å². The van der Waals surface area contributed by atoms with Crippen molar-refractivity contribution in [3.05, 3.63) is 34.9 Å². The lowest BCUT2D eigenvalue weighted by atomic mass is 10.0. The number of aliphatic hydroxyl groups excluding tert-OH is 1. The van der Waals surface area contributed by atoms with Gasteiger partial charge in [-0.15, -0.1) is 0 Å². The second kappa shape index (κ2) is 13.4. The molecule has 6 nitrogen and oxygen atoms in total. The molecule has 1 rings (SSSR count). The van der Waals surface area contributed by atoms with Crippen molar-refractivity contribution in [3.8, 4) is 0 Å². The van der Waals surface area contributed by atoms with Crippen LogP contribution >= 0.6 is 11.6 Å². The van der Waals surface area contributed by atoms with Crippen molar-refractivity contribution in [3.63, 3.8) is 0 Å². The maximum Gasteiger partial charge on any atom is 0.252 e. The minimum absolute atomic E-state index is 0.190. The smallest absolute Gasteiger partial charge is 0.252 e. The van der Waals surface area contributed by atoms with Crippen LogP contribution in [0.15, 0.2) is 29.3 Å². The summed E-state index contributed by atoms with van der Waals surface area (Å²) in [6.07, 6.45) is 2.90. The van der Waals surface area contributed by atoms with E-state index in [9.17, 15) is 4.79 Å². The molecular formula is C19H31ClN4O2. The van der Waals surface area contributed by atoms with Crippen molar-refractivity contribution < 1.29 is 9.90 Å². The summed E-state index contributed by atoms with van der Waals surface area (Å²) in [5.41, 5.74) is 0.473. The van der Waals surface area contributed by atoms with E-state index < -0.39 is 0 Å². The highest BCUT2D eigenvalue weighted by Gasteiger charge is 2.09. The molecule has 0 saturated heterocycles. The number of carbonyl (C=O) groups excluding carboxylic acids is 1. The Hall–Kier alpha value is -1.79. The average molecular weight is 383 g/mol. The standard InChI is InChI=1S/C19H31ClN4O2/c1-3-7-15(10-13-25)14-24-19(21-4-2)23-12-11-22-18(26)16-8-5-6-9-17(16)20/h5-6,8-9,15,25H,3-4,7,10-14H2,1-2H3,(H,22,26)(H2,21,23,24). The molecule has 1 atom stereocenters. The number of aliphatic imine (C=N–C) groups is 1. The molecule has 0 fully saturated rings. The van der Waals surface area contributed by atoms with Crippen LogP contribution in [-0.4, -0.2) is 49.8 Å². The molecule has 0 aromatic heterocycles. The van der Waals surface area contributed by atoms with Gasteiger partial charge in [0.25, 0.3) is 5.91 Å². The maximum absolute atomic E-state index is 12.1. The van der Waals surface area contributed by atoms with Crippen molar-refractivity contribution in [2.24, 2.45) is 10.9 Å². The van der Waals surface area contributed by atoms with Crippen LogP contribution in [0.4, 0.5) is 0 Å². The highest BCUT2D eigenvalue weighted by atomic mass is 35.5. The van der Waals surface area contributed by atoms with Gasteiger partial charge in [0.2, 0.25) is 0 Å². The Bertz CT molecular complexity index is 560. The second-order valence-electron chi connectivity index (χ2n) is 6.05. The fourth-order valence-corrected chi connectivity index (χ4v) is 2.80. The maximum atomic E-state index is 12.1. The molecule has 0 radical (unpaired) electrons. The molecule has 146 valence electrons. The number of rotatable bonds is 11. The van der Waals surface area contributed by atoms with Crippen LogP contribution in [0, 0.1) is 5.92 Å². The molecule has 0 heterocycles. The van der Waals surface area contributed by atoms with Gasteiger partial charge in [0.05, 0.1) is 10.6 Å². The normalized spacial score (nSPS) is 12.5. The molecule has 0 aliphatic carbocycles. The fourth-order valence-electron chi connectivity index (χ4n) is 2.58. The zero-order valence-electron chi connectivity index (χ0n) is 15.7. The molecule has 7 heteroatoms. The molecule has 0 spiro atoms. The van der Waals surface area contributed by atoms with E-state index in [1.807, 2.05) is 6.92 Å². The number of hydrogen-bond donors (Lipinski definition) is 4. The third-order valence-corrected chi connectivity index (χ3v) is 4.24. The molecule has 0 aliphatic heterocycles. The van der Waals surface area contributed by atoms with Gasteiger partial charge in [0.1, 0.15) is 0 Å². The number of halogens is 1. The topological polar surface area (TPSA) is 85.8 Å². The monoisotopic (exact) mass is 382 g/mol. The Morgan fingerprint density at radius 2 is 1.88 bits per heavy atom. The lowest BCUT2D eigenvalue weighted by molar-refractivity contribution is 0.0954. The van der Waals surface area contributed by atoms with E-state index >= 15 is 0 Å². The Kier molecular flexibility index (Phi) is 11.5. The number of nitrogens with one attached hydrogen (secondary N) is 3. The third-order valence-electron chi connectivity index (χ3n) is 3.91. The van der Waals surface area contributed by atoms with Gasteiger partial charge in [0, 0.05) is 32.8 Å². The van der Waals surface area contributed by atoms with Crippen LogP contribution in [0.25, 0.3) is 0 Å². The highest BCUT2D eigenvalue weighted by Crippen LogP contribution is 2.14. The number of hydrogen-bond acceptors (Lipinski definition) is 3. The molecule has 0 bridgehead atoms. The Labute approximate surface area is 161 Å². The average Bonchev–Trinajstić information content (AvgIpc) is 2.63. The number of aliphatic hydroxyl groups is 1. The summed E-state index contributed by atoms with van der Waals surface area (Å²) in [7, 11) is 0. The van der Waals surface area contributed by atoms with Gasteiger partial charge >= 0.3 is 0 Å². The minimum atomic E-state index is -0.190. The van der Waals surface area contributed by atoms with Gasteiger partial charge in [-0.3, -0.25) is 9.79 Å². The van der Waals surface area contributed by atoms with Crippen molar-refractivity contribution in [2.45, 2.75) is 33.1 Å². The number of amides is 1. The van der Waals surface area contributed by atoms with Crippen LogP contribution < -0.4 is 16.0 Å². The molecule has 1 aromatic carbocycles. The minimum Gasteiger partial charge on any atom is -0.396 e. The molecule has 1 amide bonds. The van der Waals surface area contributed by atoms with Gasteiger partial charge in [-0.2, -0.15) is 0 Å². The van der Waals surface area contributed by atoms with Gasteiger partial charge in [-0.1, -0.05) is 37.1 Å². The summed E-state index contributed by atoms with van der Waals surface area (Å²) < 4.78 is 0. The van der Waals surface area contributed by atoms with E-state index in [2.05, 4.69) is 27.9 Å². The van der Waals surface area contributed by atoms with Crippen molar-refractivity contribution >= 4 is 23.5 Å². The first-order chi connectivity index (χ1) is 12.6. The van der Waals surface area contributed by atoms with E-state index in [1.54, 1.807) is 24.3 Å². The van der Waals surface area contributed by atoms with Crippen LogP contribution in [-0.2, 0) is 0 Å². The highest BCUT2D eigenvalue weighted by molar-refractivity contribution is 6.33. The molecule has 0 saturated carbocycles. The summed E-state index contributed by atoms with van der Waals surface area (Å²) in [4.78, 5) is 16.7. The number of guanidine groups is 1. The van der Waals surface area contributed by atoms with E-state index in [0.29, 0.717) is 36.1 Å². The Morgan fingerprint density at radius 3 is 2.54 bits per heavy atom. The number of benzene rings is 1. The van der Waals surface area contributed by atoms with Crippen molar-refractivity contribution in [2.75, 3.05) is 32.8 Å². The lowest BCUT2D eigenvalue weighted by Gasteiger charge is -2.15. The molecule has 26 heavy (non-hydrogen) atoms. The predicted molar refractivity (Wildman–Crippen MR) is 108 cm³/mol. The van der Waals surface area contributed by atoms with Crippen LogP contribution in [0.1, 0.15) is 43.5 Å². The molecular weight excluding hydrogens is 352 g/mol. The lowest BCUT2D eigenvalue weighted by Crippen LogP contribution is -2.41. The quantitative estimate of drug-likeness (QED) is 0.269. The largest absolute Gasteiger partial charge is 0.396 e. The van der Waals surface area contributed by atoms with E-state index in [4.69, 9.17) is 16.7 Å². The van der Waals surface area contributed by atoms with Crippen molar-refractivity contribution in [1.29, 1.82) is 0 Å². The van der Waals surface area contributed by atoms with Crippen LogP contribution in [0.3, 0.4) is 0 Å². The van der Waals surface area contributed by atoms with Gasteiger partial charge in [0.15, 0.2) is 5.96 Å². The molecule has 0 aliphatic rings. The van der Waals surface area contributed by atoms with Crippen LogP contribution in [0.2, 0.25) is 5.02 Å². The summed E-state index contributed by atoms with van der Waals surface area (Å²) in [5.74, 6) is 0.921. The van der Waals surface area contributed by atoms with E-state index in [0.717, 1.165) is 31.8 Å². The second-order valence-corrected chi connectivity index (χ2v) is 6.46. The number of nitrogens with zero attached hydrogens (tertiary/aromatic N) is 1. The summed E-state index contributed by atoms with van der Waals surface area (Å²) in [6, 6.07) is 6.98. The Morgan fingerprint density at radius 1 is 1.15 bits per heavy atom. The third kappa shape index (κ3) is 8.54. The predicted octanol–water partition coefficient (Wildman–Crippen LogP) is 2.42. The van der Waals surface area contributed by atoms with E-state index in [1.165, 1.54) is 0 Å². The zero-order valence-corrected chi connectivity index (χ0v) is 16.5. The number of carbonyl (C=O) groups is 1. The van der Waals surface area contributed by atoms with Gasteiger partial charge in [-0.25, -0.2) is 0 Å². The van der Waals surface area contributed by atoms with Gasteiger partial charge < -0.3 is 21.1 Å². The fraction of sp³-hybridized carbons (Fsp3) is 0.579. The first kappa shape index (κ1) is 22.3. The molecule has 4 N–H and O–H groups in total. The summed E-state index contributed by atoms with van der Waals surface area (Å²) in [5, 5.41) is 18.8. The zero-order chi connectivity index (χ0) is 19.2. The molecule has 1 unspecified atom stereocenters. The Balaban J connectivity index is 2.44. The first-order valence-corrected chi connectivity index (χ1v) is 9.65. The van der Waals surface area contributed by atoms with E-state index in [-0.39, 0.29) is 12.5 Å². The van der Waals surface area contributed by atoms with Crippen molar-refractivity contribution in [1.82, 2.24) is 16.0 Å². The SMILES string of the molecule is CCCC(CCO)CN=C(NCC)NCCNC(=O)c1ccccc1Cl.